The molecule has 0 aliphatic heterocycles. The number of carbonyl (C=O) groups is 2. The van der Waals surface area contributed by atoms with Gasteiger partial charge in [-0.1, -0.05) is 29.8 Å². The first kappa shape index (κ1) is 21.2. The standard InChI is InChI=1S/C20H23N3O4S/c1-4-26-17-8-6-5-7-15(17)19(25)21-20(28)23-22-18(24)12-27-16-10-9-13(2)11-14(16)3/h5-11H,4,12H2,1-3H3,(H,22,24)(H2,21,23,25,28). The summed E-state index contributed by atoms with van der Waals surface area (Å²) in [6, 6.07) is 12.5. The number of hydrogen-bond donors (Lipinski definition) is 3. The van der Waals surface area contributed by atoms with Crippen LogP contribution in [0.5, 0.6) is 11.5 Å². The fourth-order valence-electron chi connectivity index (χ4n) is 2.40. The Hall–Kier alpha value is -3.13. The summed E-state index contributed by atoms with van der Waals surface area (Å²) in [6.07, 6.45) is 0. The van der Waals surface area contributed by atoms with Crippen molar-refractivity contribution in [1.29, 1.82) is 0 Å². The average molecular weight is 401 g/mol. The Morgan fingerprint density at radius 2 is 1.75 bits per heavy atom. The molecule has 0 atom stereocenters. The van der Waals surface area contributed by atoms with Gasteiger partial charge in [0.25, 0.3) is 11.8 Å². The van der Waals surface area contributed by atoms with Gasteiger partial charge in [-0.3, -0.25) is 25.8 Å². The summed E-state index contributed by atoms with van der Waals surface area (Å²) in [6.45, 7) is 5.96. The van der Waals surface area contributed by atoms with Crippen molar-refractivity contribution in [3.8, 4) is 11.5 Å². The number of hydrogen-bond acceptors (Lipinski definition) is 5. The third kappa shape index (κ3) is 6.24. The molecule has 2 aromatic rings. The lowest BCUT2D eigenvalue weighted by atomic mass is 10.1. The van der Waals surface area contributed by atoms with Crippen LogP contribution in [0.25, 0.3) is 0 Å². The van der Waals surface area contributed by atoms with E-state index in [1.54, 1.807) is 24.3 Å². The Kier molecular flexibility index (Phi) is 7.76. The summed E-state index contributed by atoms with van der Waals surface area (Å²) in [5.41, 5.74) is 7.25. The fourth-order valence-corrected chi connectivity index (χ4v) is 2.55. The molecule has 3 N–H and O–H groups in total. The van der Waals surface area contributed by atoms with Crippen molar-refractivity contribution in [2.24, 2.45) is 0 Å². The zero-order chi connectivity index (χ0) is 20.5. The second-order valence-corrected chi connectivity index (χ2v) is 6.35. The van der Waals surface area contributed by atoms with E-state index in [1.807, 2.05) is 39.0 Å². The number of carbonyl (C=O) groups excluding carboxylic acids is 2. The van der Waals surface area contributed by atoms with Crippen LogP contribution in [0.4, 0.5) is 0 Å². The van der Waals surface area contributed by atoms with Crippen LogP contribution in [0, 0.1) is 13.8 Å². The van der Waals surface area contributed by atoms with Gasteiger partial charge in [0.15, 0.2) is 11.7 Å². The van der Waals surface area contributed by atoms with Crippen LogP contribution in [-0.2, 0) is 4.79 Å². The molecule has 0 bridgehead atoms. The van der Waals surface area contributed by atoms with E-state index in [9.17, 15) is 9.59 Å². The maximum absolute atomic E-state index is 12.3. The summed E-state index contributed by atoms with van der Waals surface area (Å²) < 4.78 is 10.9. The van der Waals surface area contributed by atoms with Gasteiger partial charge in [-0.25, -0.2) is 0 Å². The predicted octanol–water partition coefficient (Wildman–Crippen LogP) is 2.42. The molecule has 0 aliphatic rings. The summed E-state index contributed by atoms with van der Waals surface area (Å²) >= 11 is 5.03. The number of amides is 2. The summed E-state index contributed by atoms with van der Waals surface area (Å²) in [4.78, 5) is 24.2. The largest absolute Gasteiger partial charge is 0.493 e. The van der Waals surface area contributed by atoms with Crippen LogP contribution >= 0.6 is 12.2 Å². The molecule has 28 heavy (non-hydrogen) atoms. The fraction of sp³-hybridized carbons (Fsp3) is 0.250. The Morgan fingerprint density at radius 3 is 2.46 bits per heavy atom. The van der Waals surface area contributed by atoms with E-state index in [0.29, 0.717) is 23.7 Å². The molecule has 8 heteroatoms. The highest BCUT2D eigenvalue weighted by atomic mass is 32.1. The lowest BCUT2D eigenvalue weighted by Gasteiger charge is -2.13. The zero-order valence-electron chi connectivity index (χ0n) is 16.0. The minimum Gasteiger partial charge on any atom is -0.493 e. The first-order chi connectivity index (χ1) is 13.4. The molecule has 7 nitrogen and oxygen atoms in total. The highest BCUT2D eigenvalue weighted by Gasteiger charge is 2.13. The molecule has 2 rings (SSSR count). The first-order valence-corrected chi connectivity index (χ1v) is 9.13. The monoisotopic (exact) mass is 401 g/mol. The number of hydrazine groups is 1. The Morgan fingerprint density at radius 1 is 1.00 bits per heavy atom. The van der Waals surface area contributed by atoms with Crippen molar-refractivity contribution in [3.63, 3.8) is 0 Å². The van der Waals surface area contributed by atoms with Gasteiger partial charge in [0.2, 0.25) is 0 Å². The Balaban J connectivity index is 1.80. The zero-order valence-corrected chi connectivity index (χ0v) is 16.8. The summed E-state index contributed by atoms with van der Waals surface area (Å²) in [5, 5.41) is 2.44. The quantitative estimate of drug-likeness (QED) is 0.509. The van der Waals surface area contributed by atoms with Crippen LogP contribution < -0.4 is 25.6 Å². The van der Waals surface area contributed by atoms with E-state index in [1.165, 1.54) is 0 Å². The molecule has 0 aliphatic carbocycles. The van der Waals surface area contributed by atoms with E-state index in [2.05, 4.69) is 16.2 Å². The van der Waals surface area contributed by atoms with Gasteiger partial charge in [-0.15, -0.1) is 0 Å². The molecule has 0 saturated carbocycles. The van der Waals surface area contributed by atoms with E-state index in [0.717, 1.165) is 11.1 Å². The molecule has 2 amide bonds. The van der Waals surface area contributed by atoms with Crippen LogP contribution in [-0.4, -0.2) is 30.1 Å². The lowest BCUT2D eigenvalue weighted by Crippen LogP contribution is -2.49. The van der Waals surface area contributed by atoms with Crippen LogP contribution in [0.2, 0.25) is 0 Å². The molecular formula is C20H23N3O4S. The van der Waals surface area contributed by atoms with Gasteiger partial charge < -0.3 is 9.47 Å². The maximum Gasteiger partial charge on any atom is 0.276 e. The maximum atomic E-state index is 12.3. The minimum atomic E-state index is -0.442. The highest BCUT2D eigenvalue weighted by molar-refractivity contribution is 7.80. The average Bonchev–Trinajstić information content (AvgIpc) is 2.66. The molecule has 0 saturated heterocycles. The predicted molar refractivity (Wildman–Crippen MR) is 110 cm³/mol. The molecule has 0 unspecified atom stereocenters. The van der Waals surface area contributed by atoms with Crippen LogP contribution in [0.1, 0.15) is 28.4 Å². The van der Waals surface area contributed by atoms with Gasteiger partial charge in [-0.2, -0.15) is 0 Å². The lowest BCUT2D eigenvalue weighted by molar-refractivity contribution is -0.123. The molecule has 148 valence electrons. The van der Waals surface area contributed by atoms with Gasteiger partial charge in [0.05, 0.1) is 12.2 Å². The summed E-state index contributed by atoms with van der Waals surface area (Å²) in [7, 11) is 0. The number of aryl methyl sites for hydroxylation is 2. The second-order valence-electron chi connectivity index (χ2n) is 5.94. The molecule has 0 radical (unpaired) electrons. The van der Waals surface area contributed by atoms with Crippen molar-refractivity contribution >= 4 is 29.1 Å². The van der Waals surface area contributed by atoms with E-state index >= 15 is 0 Å². The minimum absolute atomic E-state index is 0.0452. The van der Waals surface area contributed by atoms with Gasteiger partial charge >= 0.3 is 0 Å². The van der Waals surface area contributed by atoms with Crippen LogP contribution in [0.3, 0.4) is 0 Å². The number of rotatable bonds is 6. The number of thiocarbonyl (C=S) groups is 1. The highest BCUT2D eigenvalue weighted by Crippen LogP contribution is 2.18. The Labute approximate surface area is 169 Å². The van der Waals surface area contributed by atoms with Crippen molar-refractivity contribution in [3.05, 3.63) is 59.2 Å². The van der Waals surface area contributed by atoms with Crippen LogP contribution in [0.15, 0.2) is 42.5 Å². The van der Waals surface area contributed by atoms with Gasteiger partial charge in [-0.05, 0) is 56.8 Å². The Bertz CT molecular complexity index is 870. The molecular weight excluding hydrogens is 378 g/mol. The first-order valence-electron chi connectivity index (χ1n) is 8.72. The molecule has 0 heterocycles. The van der Waals surface area contributed by atoms with E-state index in [4.69, 9.17) is 21.7 Å². The normalized spacial score (nSPS) is 9.96. The number of ether oxygens (including phenoxy) is 2. The van der Waals surface area contributed by atoms with Gasteiger partial charge in [0, 0.05) is 0 Å². The number of nitrogens with one attached hydrogen (secondary N) is 3. The van der Waals surface area contributed by atoms with Crippen molar-refractivity contribution in [2.45, 2.75) is 20.8 Å². The third-order valence-electron chi connectivity index (χ3n) is 3.66. The van der Waals surface area contributed by atoms with Crippen molar-refractivity contribution < 1.29 is 19.1 Å². The van der Waals surface area contributed by atoms with Crippen molar-refractivity contribution in [1.82, 2.24) is 16.2 Å². The second kappa shape index (κ2) is 10.3. The molecule has 0 fully saturated rings. The van der Waals surface area contributed by atoms with E-state index < -0.39 is 11.8 Å². The SMILES string of the molecule is CCOc1ccccc1C(=O)NC(=S)NNC(=O)COc1ccc(C)cc1C. The van der Waals surface area contributed by atoms with Gasteiger partial charge in [0.1, 0.15) is 11.5 Å². The van der Waals surface area contributed by atoms with E-state index in [-0.39, 0.29) is 11.7 Å². The topological polar surface area (TPSA) is 88.7 Å². The number of para-hydroxylation sites is 1. The molecule has 0 spiro atoms. The third-order valence-corrected chi connectivity index (χ3v) is 3.87. The number of benzene rings is 2. The molecule has 0 aromatic heterocycles. The smallest absolute Gasteiger partial charge is 0.276 e. The summed E-state index contributed by atoms with van der Waals surface area (Å²) in [5.74, 6) is 0.203. The van der Waals surface area contributed by atoms with Crippen molar-refractivity contribution in [2.75, 3.05) is 13.2 Å². The molecule has 2 aromatic carbocycles.